The zero-order chi connectivity index (χ0) is 14.5. The van der Waals surface area contributed by atoms with Gasteiger partial charge in [0, 0.05) is 20.6 Å². The average molecular weight is 373 g/mol. The molecule has 2 rings (SSSR count). The summed E-state index contributed by atoms with van der Waals surface area (Å²) in [5, 5.41) is 4.75. The van der Waals surface area contributed by atoms with Crippen LogP contribution in [0.4, 0.5) is 0 Å². The fourth-order valence-electron chi connectivity index (χ4n) is 2.16. The van der Waals surface area contributed by atoms with Crippen LogP contribution in [0.1, 0.15) is 11.1 Å². The van der Waals surface area contributed by atoms with E-state index >= 15 is 0 Å². The lowest BCUT2D eigenvalue weighted by Crippen LogP contribution is -2.30. The standard InChI is InChI=1S/C16H16BrCl2N/c1-20-14(8-11-4-2-3-5-15(11)17)9-12-6-7-13(18)10-16(12)19/h2-7,10,14,20H,8-9H2,1H3. The van der Waals surface area contributed by atoms with Crippen molar-refractivity contribution in [3.05, 3.63) is 68.1 Å². The Balaban J connectivity index is 2.11. The van der Waals surface area contributed by atoms with Crippen LogP contribution in [0.3, 0.4) is 0 Å². The van der Waals surface area contributed by atoms with Crippen LogP contribution in [0, 0.1) is 0 Å². The van der Waals surface area contributed by atoms with Gasteiger partial charge in [0.05, 0.1) is 0 Å². The summed E-state index contributed by atoms with van der Waals surface area (Å²) in [5.41, 5.74) is 2.40. The number of halogens is 3. The van der Waals surface area contributed by atoms with Crippen molar-refractivity contribution in [1.29, 1.82) is 0 Å². The second kappa shape index (κ2) is 7.46. The SMILES string of the molecule is CNC(Cc1ccc(Cl)cc1Cl)Cc1ccccc1Br. The lowest BCUT2D eigenvalue weighted by molar-refractivity contribution is 0.555. The van der Waals surface area contributed by atoms with Gasteiger partial charge in [-0.15, -0.1) is 0 Å². The van der Waals surface area contributed by atoms with Crippen LogP contribution in [-0.4, -0.2) is 13.1 Å². The van der Waals surface area contributed by atoms with Gasteiger partial charge in [0.15, 0.2) is 0 Å². The molecule has 106 valence electrons. The number of benzene rings is 2. The van der Waals surface area contributed by atoms with Gasteiger partial charge >= 0.3 is 0 Å². The minimum absolute atomic E-state index is 0.326. The Morgan fingerprint density at radius 3 is 2.40 bits per heavy atom. The maximum Gasteiger partial charge on any atom is 0.0453 e. The molecular formula is C16H16BrCl2N. The van der Waals surface area contributed by atoms with Crippen LogP contribution in [0.5, 0.6) is 0 Å². The van der Waals surface area contributed by atoms with Crippen molar-refractivity contribution in [1.82, 2.24) is 5.32 Å². The van der Waals surface area contributed by atoms with E-state index in [0.29, 0.717) is 11.1 Å². The zero-order valence-electron chi connectivity index (χ0n) is 11.2. The summed E-state index contributed by atoms with van der Waals surface area (Å²) in [7, 11) is 1.98. The molecule has 0 saturated heterocycles. The second-order valence-electron chi connectivity index (χ2n) is 4.72. The summed E-state index contributed by atoms with van der Waals surface area (Å²) in [6.07, 6.45) is 1.81. The van der Waals surface area contributed by atoms with Crippen molar-refractivity contribution in [2.45, 2.75) is 18.9 Å². The number of rotatable bonds is 5. The molecule has 0 heterocycles. The van der Waals surface area contributed by atoms with Gasteiger partial charge in [0.2, 0.25) is 0 Å². The minimum atomic E-state index is 0.326. The van der Waals surface area contributed by atoms with Crippen LogP contribution >= 0.6 is 39.1 Å². The van der Waals surface area contributed by atoms with E-state index in [1.807, 2.05) is 25.2 Å². The molecule has 0 radical (unpaired) electrons. The molecular weight excluding hydrogens is 357 g/mol. The van der Waals surface area contributed by atoms with E-state index in [9.17, 15) is 0 Å². The highest BCUT2D eigenvalue weighted by Gasteiger charge is 2.12. The molecule has 0 aromatic heterocycles. The Kier molecular flexibility index (Phi) is 5.91. The predicted octanol–water partition coefficient (Wildman–Crippen LogP) is 5.13. The summed E-state index contributed by atoms with van der Waals surface area (Å²) < 4.78 is 1.14. The Morgan fingerprint density at radius 2 is 1.75 bits per heavy atom. The summed E-state index contributed by atoms with van der Waals surface area (Å²) in [5.74, 6) is 0. The van der Waals surface area contributed by atoms with Crippen LogP contribution < -0.4 is 5.32 Å². The van der Waals surface area contributed by atoms with E-state index in [0.717, 1.165) is 27.9 Å². The van der Waals surface area contributed by atoms with Gasteiger partial charge in [0.1, 0.15) is 0 Å². The first-order valence-electron chi connectivity index (χ1n) is 6.44. The van der Waals surface area contributed by atoms with E-state index in [1.54, 1.807) is 6.07 Å². The largest absolute Gasteiger partial charge is 0.316 e. The van der Waals surface area contributed by atoms with Gasteiger partial charge in [-0.2, -0.15) is 0 Å². The van der Waals surface area contributed by atoms with Crippen molar-refractivity contribution in [3.63, 3.8) is 0 Å². The Morgan fingerprint density at radius 1 is 1.05 bits per heavy atom. The first kappa shape index (κ1) is 15.8. The third-order valence-corrected chi connectivity index (χ3v) is 4.67. The average Bonchev–Trinajstić information content (AvgIpc) is 2.43. The molecule has 0 aliphatic heterocycles. The molecule has 1 atom stereocenters. The van der Waals surface area contributed by atoms with Crippen LogP contribution in [0.2, 0.25) is 10.0 Å². The molecule has 0 spiro atoms. The van der Waals surface area contributed by atoms with Gasteiger partial charge in [-0.25, -0.2) is 0 Å². The number of nitrogens with one attached hydrogen (secondary N) is 1. The molecule has 2 aromatic carbocycles. The number of hydrogen-bond acceptors (Lipinski definition) is 1. The maximum absolute atomic E-state index is 6.24. The minimum Gasteiger partial charge on any atom is -0.316 e. The summed E-state index contributed by atoms with van der Waals surface area (Å²) >= 11 is 15.8. The summed E-state index contributed by atoms with van der Waals surface area (Å²) in [6.45, 7) is 0. The van der Waals surface area contributed by atoms with Crippen molar-refractivity contribution < 1.29 is 0 Å². The van der Waals surface area contributed by atoms with Crippen LogP contribution in [0.15, 0.2) is 46.9 Å². The lowest BCUT2D eigenvalue weighted by atomic mass is 9.99. The molecule has 0 saturated carbocycles. The molecule has 1 nitrogen and oxygen atoms in total. The first-order valence-corrected chi connectivity index (χ1v) is 7.99. The fraction of sp³-hybridized carbons (Fsp3) is 0.250. The van der Waals surface area contributed by atoms with Crippen LogP contribution in [0.25, 0.3) is 0 Å². The van der Waals surface area contributed by atoms with Gasteiger partial charge in [0.25, 0.3) is 0 Å². The Hall–Kier alpha value is -0.540. The van der Waals surface area contributed by atoms with E-state index in [4.69, 9.17) is 23.2 Å². The quantitative estimate of drug-likeness (QED) is 0.767. The molecule has 0 amide bonds. The van der Waals surface area contributed by atoms with Gasteiger partial charge in [-0.05, 0) is 49.2 Å². The fourth-order valence-corrected chi connectivity index (χ4v) is 3.09. The van der Waals surface area contributed by atoms with Crippen molar-refractivity contribution in [3.8, 4) is 0 Å². The normalized spacial score (nSPS) is 12.4. The first-order chi connectivity index (χ1) is 9.60. The molecule has 0 bridgehead atoms. The van der Waals surface area contributed by atoms with Crippen molar-refractivity contribution >= 4 is 39.1 Å². The molecule has 1 N–H and O–H groups in total. The van der Waals surface area contributed by atoms with Crippen molar-refractivity contribution in [2.24, 2.45) is 0 Å². The molecule has 0 aliphatic rings. The molecule has 2 aromatic rings. The summed E-state index contributed by atoms with van der Waals surface area (Å²) in [6, 6.07) is 14.3. The monoisotopic (exact) mass is 371 g/mol. The summed E-state index contributed by atoms with van der Waals surface area (Å²) in [4.78, 5) is 0. The molecule has 1 unspecified atom stereocenters. The van der Waals surface area contributed by atoms with Crippen molar-refractivity contribution in [2.75, 3.05) is 7.05 Å². The Bertz CT molecular complexity index is 586. The molecule has 20 heavy (non-hydrogen) atoms. The molecule has 0 fully saturated rings. The highest BCUT2D eigenvalue weighted by molar-refractivity contribution is 9.10. The molecule has 4 heteroatoms. The zero-order valence-corrected chi connectivity index (χ0v) is 14.3. The smallest absolute Gasteiger partial charge is 0.0453 e. The van der Waals surface area contributed by atoms with Gasteiger partial charge < -0.3 is 5.32 Å². The Labute approximate surface area is 138 Å². The lowest BCUT2D eigenvalue weighted by Gasteiger charge is -2.18. The third kappa shape index (κ3) is 4.23. The number of likely N-dealkylation sites (N-methyl/N-ethyl adjacent to an activating group) is 1. The topological polar surface area (TPSA) is 12.0 Å². The highest BCUT2D eigenvalue weighted by Crippen LogP contribution is 2.24. The van der Waals surface area contributed by atoms with E-state index in [2.05, 4.69) is 39.4 Å². The van der Waals surface area contributed by atoms with Gasteiger partial charge in [-0.1, -0.05) is 63.4 Å². The second-order valence-corrected chi connectivity index (χ2v) is 6.42. The van der Waals surface area contributed by atoms with E-state index < -0.39 is 0 Å². The van der Waals surface area contributed by atoms with Gasteiger partial charge in [-0.3, -0.25) is 0 Å². The van der Waals surface area contributed by atoms with Crippen LogP contribution in [-0.2, 0) is 12.8 Å². The highest BCUT2D eigenvalue weighted by atomic mass is 79.9. The molecule has 0 aliphatic carbocycles. The van der Waals surface area contributed by atoms with E-state index in [-0.39, 0.29) is 0 Å². The maximum atomic E-state index is 6.24. The number of hydrogen-bond donors (Lipinski definition) is 1. The van der Waals surface area contributed by atoms with E-state index in [1.165, 1.54) is 5.56 Å². The third-order valence-electron chi connectivity index (χ3n) is 3.31. The predicted molar refractivity (Wildman–Crippen MR) is 90.9 cm³/mol.